The van der Waals surface area contributed by atoms with Crippen LogP contribution < -0.4 is 0 Å². The fourth-order valence-corrected chi connectivity index (χ4v) is 3.05. The van der Waals surface area contributed by atoms with Gasteiger partial charge >= 0.3 is 0 Å². The smallest absolute Gasteiger partial charge is 0.263 e. The van der Waals surface area contributed by atoms with Crippen LogP contribution in [0.25, 0.3) is 10.9 Å². The number of aromatic amines is 1. The Bertz CT molecular complexity index is 633. The van der Waals surface area contributed by atoms with E-state index in [9.17, 15) is 12.8 Å². The number of benzene rings is 1. The second kappa shape index (κ2) is 3.21. The Kier molecular flexibility index (Phi) is 2.24. The molecule has 6 heteroatoms. The molecule has 0 unspecified atom stereocenters. The third-order valence-corrected chi connectivity index (χ3v) is 3.63. The van der Waals surface area contributed by atoms with Gasteiger partial charge in [-0.3, -0.25) is 0 Å². The topological polar surface area (TPSA) is 49.9 Å². The van der Waals surface area contributed by atoms with E-state index in [1.54, 1.807) is 0 Å². The van der Waals surface area contributed by atoms with E-state index >= 15 is 0 Å². The van der Waals surface area contributed by atoms with Crippen molar-refractivity contribution in [2.45, 2.75) is 11.8 Å². The Morgan fingerprint density at radius 3 is 2.67 bits per heavy atom. The molecule has 3 nitrogen and oxygen atoms in total. The van der Waals surface area contributed by atoms with Gasteiger partial charge in [-0.05, 0) is 13.0 Å². The lowest BCUT2D eigenvalue weighted by molar-refractivity contribution is 0.610. The Labute approximate surface area is 90.3 Å². The molecular formula is C9H7ClFNO2S. The normalized spacial score (nSPS) is 12.2. The largest absolute Gasteiger partial charge is 0.355 e. The van der Waals surface area contributed by atoms with Crippen molar-refractivity contribution in [1.82, 2.24) is 4.98 Å². The average molecular weight is 248 g/mol. The number of rotatable bonds is 1. The van der Waals surface area contributed by atoms with Crippen LogP contribution in [0.15, 0.2) is 23.1 Å². The average Bonchev–Trinajstić information content (AvgIpc) is 2.41. The highest BCUT2D eigenvalue weighted by atomic mass is 35.7. The first-order valence-corrected chi connectivity index (χ1v) is 6.43. The third kappa shape index (κ3) is 1.61. The summed E-state index contributed by atoms with van der Waals surface area (Å²) in [6.45, 7) is 1.54. The Hall–Kier alpha value is -1.07. The summed E-state index contributed by atoms with van der Waals surface area (Å²) in [5.74, 6) is -0.498. The van der Waals surface area contributed by atoms with Crippen molar-refractivity contribution in [1.29, 1.82) is 0 Å². The van der Waals surface area contributed by atoms with Crippen LogP contribution in [0.1, 0.15) is 5.69 Å². The van der Waals surface area contributed by atoms with E-state index in [0.717, 1.165) is 0 Å². The summed E-state index contributed by atoms with van der Waals surface area (Å²) >= 11 is 0. The molecule has 1 aromatic heterocycles. The van der Waals surface area contributed by atoms with Crippen LogP contribution >= 0.6 is 10.7 Å². The lowest BCUT2D eigenvalue weighted by Gasteiger charge is -1.94. The van der Waals surface area contributed by atoms with Gasteiger partial charge in [0.15, 0.2) is 0 Å². The molecule has 0 radical (unpaired) electrons. The molecular weight excluding hydrogens is 241 g/mol. The van der Waals surface area contributed by atoms with E-state index < -0.39 is 14.9 Å². The van der Waals surface area contributed by atoms with Crippen molar-refractivity contribution in [2.24, 2.45) is 0 Å². The Morgan fingerprint density at radius 1 is 1.40 bits per heavy atom. The molecule has 2 rings (SSSR count). The SMILES string of the molecule is Cc1[nH]c2c(F)cccc2c1S(=O)(=O)Cl. The van der Waals surface area contributed by atoms with E-state index in [-0.39, 0.29) is 15.8 Å². The van der Waals surface area contributed by atoms with Crippen LogP contribution in [-0.4, -0.2) is 13.4 Å². The van der Waals surface area contributed by atoms with Gasteiger partial charge in [-0.2, -0.15) is 0 Å². The molecule has 1 heterocycles. The maximum Gasteiger partial charge on any atom is 0.263 e. The van der Waals surface area contributed by atoms with E-state index in [1.165, 1.54) is 25.1 Å². The summed E-state index contributed by atoms with van der Waals surface area (Å²) in [6.07, 6.45) is 0. The van der Waals surface area contributed by atoms with E-state index in [0.29, 0.717) is 5.69 Å². The highest BCUT2D eigenvalue weighted by Gasteiger charge is 2.20. The van der Waals surface area contributed by atoms with Crippen molar-refractivity contribution in [3.8, 4) is 0 Å². The van der Waals surface area contributed by atoms with Crippen LogP contribution in [0, 0.1) is 12.7 Å². The van der Waals surface area contributed by atoms with E-state index in [1.807, 2.05) is 0 Å². The monoisotopic (exact) mass is 247 g/mol. The molecule has 0 bridgehead atoms. The van der Waals surface area contributed by atoms with Gasteiger partial charge in [0.05, 0.1) is 5.52 Å². The molecule has 0 aliphatic heterocycles. The number of nitrogens with one attached hydrogen (secondary N) is 1. The summed E-state index contributed by atoms with van der Waals surface area (Å²) in [5, 5.41) is 0.280. The number of halogens is 2. The standard InChI is InChI=1S/C9H7ClFNO2S/c1-5-9(15(10,13)14)6-3-2-4-7(11)8(6)12-5/h2-4,12H,1H3. The molecule has 80 valence electrons. The van der Waals surface area contributed by atoms with Gasteiger partial charge in [-0.1, -0.05) is 12.1 Å². The minimum Gasteiger partial charge on any atom is -0.355 e. The predicted octanol–water partition coefficient (Wildman–Crippen LogP) is 2.54. The van der Waals surface area contributed by atoms with Crippen LogP contribution in [0.2, 0.25) is 0 Å². The second-order valence-electron chi connectivity index (χ2n) is 3.18. The first kappa shape index (κ1) is 10.4. The quantitative estimate of drug-likeness (QED) is 0.788. The number of hydrogen-bond acceptors (Lipinski definition) is 2. The van der Waals surface area contributed by atoms with Crippen molar-refractivity contribution >= 4 is 30.6 Å². The number of aryl methyl sites for hydroxylation is 1. The summed E-state index contributed by atoms with van der Waals surface area (Å²) in [5.41, 5.74) is 0.499. The van der Waals surface area contributed by atoms with Crippen LogP contribution in [0.5, 0.6) is 0 Å². The molecule has 15 heavy (non-hydrogen) atoms. The molecule has 0 aliphatic rings. The molecule has 1 aromatic carbocycles. The van der Waals surface area contributed by atoms with Crippen molar-refractivity contribution in [3.05, 3.63) is 29.7 Å². The van der Waals surface area contributed by atoms with Gasteiger partial charge in [-0.25, -0.2) is 12.8 Å². The maximum atomic E-state index is 13.3. The zero-order valence-corrected chi connectivity index (χ0v) is 9.29. The molecule has 0 saturated heterocycles. The van der Waals surface area contributed by atoms with Gasteiger partial charge in [0.25, 0.3) is 9.05 Å². The predicted molar refractivity (Wildman–Crippen MR) is 56.0 cm³/mol. The highest BCUT2D eigenvalue weighted by Crippen LogP contribution is 2.30. The van der Waals surface area contributed by atoms with Gasteiger partial charge in [-0.15, -0.1) is 0 Å². The second-order valence-corrected chi connectivity index (χ2v) is 5.68. The Balaban J connectivity index is 2.99. The zero-order valence-electron chi connectivity index (χ0n) is 7.71. The lowest BCUT2D eigenvalue weighted by Crippen LogP contribution is -1.91. The third-order valence-electron chi connectivity index (χ3n) is 2.16. The van der Waals surface area contributed by atoms with Crippen molar-refractivity contribution in [2.75, 3.05) is 0 Å². The fourth-order valence-electron chi connectivity index (χ4n) is 1.60. The van der Waals surface area contributed by atoms with Crippen LogP contribution in [-0.2, 0) is 9.05 Å². The number of para-hydroxylation sites is 1. The number of H-pyrrole nitrogens is 1. The first-order chi connectivity index (χ1) is 6.91. The number of hydrogen-bond donors (Lipinski definition) is 1. The molecule has 0 fully saturated rings. The summed E-state index contributed by atoms with van der Waals surface area (Å²) in [4.78, 5) is 2.61. The molecule has 1 N–H and O–H groups in total. The lowest BCUT2D eigenvalue weighted by atomic mass is 10.2. The zero-order chi connectivity index (χ0) is 11.2. The molecule has 0 atom stereocenters. The van der Waals surface area contributed by atoms with Gasteiger partial charge in [0, 0.05) is 21.8 Å². The molecule has 2 aromatic rings. The summed E-state index contributed by atoms with van der Waals surface area (Å²) in [7, 11) is 1.41. The number of fused-ring (bicyclic) bond motifs is 1. The van der Waals surface area contributed by atoms with Crippen LogP contribution in [0.4, 0.5) is 4.39 Å². The minimum absolute atomic E-state index is 0.0568. The fraction of sp³-hybridized carbons (Fsp3) is 0.111. The highest BCUT2D eigenvalue weighted by molar-refractivity contribution is 8.14. The first-order valence-electron chi connectivity index (χ1n) is 4.12. The van der Waals surface area contributed by atoms with Crippen molar-refractivity contribution < 1.29 is 12.8 Å². The maximum absolute atomic E-state index is 13.3. The molecule has 0 aliphatic carbocycles. The molecule has 0 saturated carbocycles. The van der Waals surface area contributed by atoms with E-state index in [2.05, 4.69) is 4.98 Å². The van der Waals surface area contributed by atoms with Gasteiger partial charge in [0.1, 0.15) is 10.7 Å². The number of aromatic nitrogens is 1. The Morgan fingerprint density at radius 2 is 2.07 bits per heavy atom. The van der Waals surface area contributed by atoms with E-state index in [4.69, 9.17) is 10.7 Å². The molecule has 0 amide bonds. The minimum atomic E-state index is -3.86. The van der Waals surface area contributed by atoms with Crippen LogP contribution in [0.3, 0.4) is 0 Å². The summed E-state index contributed by atoms with van der Waals surface area (Å²) < 4.78 is 35.8. The molecule has 0 spiro atoms. The van der Waals surface area contributed by atoms with Gasteiger partial charge in [0.2, 0.25) is 0 Å². The van der Waals surface area contributed by atoms with Crippen molar-refractivity contribution in [3.63, 3.8) is 0 Å². The summed E-state index contributed by atoms with van der Waals surface area (Å²) in [6, 6.07) is 4.20. The van der Waals surface area contributed by atoms with Gasteiger partial charge < -0.3 is 4.98 Å².